The molecule has 1 aliphatic rings. The molecule has 0 bridgehead atoms. The van der Waals surface area contributed by atoms with Gasteiger partial charge in [0.15, 0.2) is 4.34 Å². The second-order valence-corrected chi connectivity index (χ2v) is 8.57. The molecule has 1 saturated heterocycles. The number of nitrogens with one attached hydrogen (secondary N) is 1. The fourth-order valence-corrected chi connectivity index (χ4v) is 4.51. The quantitative estimate of drug-likeness (QED) is 0.752. The van der Waals surface area contributed by atoms with Crippen LogP contribution >= 0.6 is 23.1 Å². The summed E-state index contributed by atoms with van der Waals surface area (Å²) < 4.78 is 0.841. The zero-order chi connectivity index (χ0) is 17.6. The van der Waals surface area contributed by atoms with E-state index in [-0.39, 0.29) is 11.9 Å². The Kier molecular flexibility index (Phi) is 6.28. The molecule has 2 heterocycles. The number of hydrogen-bond donors (Lipinski definition) is 2. The Morgan fingerprint density at radius 2 is 2.20 bits per heavy atom. The Labute approximate surface area is 155 Å². The van der Waals surface area contributed by atoms with Crippen LogP contribution in [-0.2, 0) is 11.3 Å². The van der Waals surface area contributed by atoms with Crippen LogP contribution in [-0.4, -0.2) is 51.0 Å². The highest BCUT2D eigenvalue weighted by Crippen LogP contribution is 2.22. The standard InChI is InChI=1S/C17H22N4O2S2/c1-12-19-20-17(25-12)24-11-16(23)18-14-5-7-21(8-6-14)10-13-3-2-4-15(22)9-13/h2-4,9,14,22H,5-8,10-11H2,1H3,(H,18,23). The summed E-state index contributed by atoms with van der Waals surface area (Å²) in [5.74, 6) is 0.755. The molecule has 0 radical (unpaired) electrons. The lowest BCUT2D eigenvalue weighted by Gasteiger charge is -2.32. The van der Waals surface area contributed by atoms with Crippen molar-refractivity contribution in [2.75, 3.05) is 18.8 Å². The zero-order valence-corrected chi connectivity index (χ0v) is 15.8. The lowest BCUT2D eigenvalue weighted by Crippen LogP contribution is -2.44. The molecule has 0 aliphatic carbocycles. The maximum Gasteiger partial charge on any atom is 0.230 e. The largest absolute Gasteiger partial charge is 0.508 e. The number of carbonyl (C=O) groups excluding carboxylic acids is 1. The van der Waals surface area contributed by atoms with Crippen LogP contribution in [0.1, 0.15) is 23.4 Å². The first kappa shape index (κ1) is 18.2. The summed E-state index contributed by atoms with van der Waals surface area (Å²) in [5, 5.41) is 21.6. The number of nitrogens with zero attached hydrogens (tertiary/aromatic N) is 3. The third-order valence-electron chi connectivity index (χ3n) is 4.10. The molecule has 0 saturated carbocycles. The number of benzene rings is 1. The Morgan fingerprint density at radius 1 is 1.40 bits per heavy atom. The number of hydrogen-bond acceptors (Lipinski definition) is 7. The third-order valence-corrected chi connectivity index (χ3v) is 6.08. The van der Waals surface area contributed by atoms with E-state index >= 15 is 0 Å². The fraction of sp³-hybridized carbons (Fsp3) is 0.471. The van der Waals surface area contributed by atoms with Crippen molar-refractivity contribution in [1.29, 1.82) is 0 Å². The molecule has 2 N–H and O–H groups in total. The molecule has 1 aliphatic heterocycles. The molecule has 8 heteroatoms. The molecular formula is C17H22N4O2S2. The van der Waals surface area contributed by atoms with Crippen molar-refractivity contribution in [2.24, 2.45) is 0 Å². The van der Waals surface area contributed by atoms with E-state index in [0.717, 1.165) is 47.4 Å². The van der Waals surface area contributed by atoms with Gasteiger partial charge in [0.2, 0.25) is 5.91 Å². The number of aryl methyl sites for hydroxylation is 1. The Hall–Kier alpha value is -1.64. The summed E-state index contributed by atoms with van der Waals surface area (Å²) in [5.41, 5.74) is 1.12. The molecule has 0 spiro atoms. The van der Waals surface area contributed by atoms with Crippen molar-refractivity contribution in [3.8, 4) is 5.75 Å². The van der Waals surface area contributed by atoms with Crippen molar-refractivity contribution in [1.82, 2.24) is 20.4 Å². The van der Waals surface area contributed by atoms with E-state index in [0.29, 0.717) is 11.5 Å². The van der Waals surface area contributed by atoms with Crippen LogP contribution in [0.5, 0.6) is 5.75 Å². The van der Waals surface area contributed by atoms with Crippen LogP contribution < -0.4 is 5.32 Å². The summed E-state index contributed by atoms with van der Waals surface area (Å²) in [7, 11) is 0. The molecular weight excluding hydrogens is 356 g/mol. The maximum atomic E-state index is 12.1. The van der Waals surface area contributed by atoms with E-state index in [4.69, 9.17) is 0 Å². The number of thioether (sulfide) groups is 1. The van der Waals surface area contributed by atoms with Crippen LogP contribution in [0.3, 0.4) is 0 Å². The summed E-state index contributed by atoms with van der Waals surface area (Å²) in [6.45, 7) is 4.64. The summed E-state index contributed by atoms with van der Waals surface area (Å²) in [6.07, 6.45) is 1.90. The van der Waals surface area contributed by atoms with Gasteiger partial charge in [-0.1, -0.05) is 35.2 Å². The van der Waals surface area contributed by atoms with Crippen molar-refractivity contribution >= 4 is 29.0 Å². The van der Waals surface area contributed by atoms with E-state index in [2.05, 4.69) is 20.4 Å². The minimum Gasteiger partial charge on any atom is -0.508 e. The van der Waals surface area contributed by atoms with Crippen molar-refractivity contribution in [3.63, 3.8) is 0 Å². The van der Waals surface area contributed by atoms with Gasteiger partial charge in [0.05, 0.1) is 5.75 Å². The maximum absolute atomic E-state index is 12.1. The number of aromatic nitrogens is 2. The zero-order valence-electron chi connectivity index (χ0n) is 14.1. The average molecular weight is 379 g/mol. The predicted octanol–water partition coefficient (Wildman–Crippen LogP) is 2.43. The molecule has 0 atom stereocenters. The number of carbonyl (C=O) groups is 1. The number of amides is 1. The van der Waals surface area contributed by atoms with E-state index < -0.39 is 0 Å². The minimum absolute atomic E-state index is 0.0595. The normalized spacial score (nSPS) is 16.0. The number of likely N-dealkylation sites (tertiary alicyclic amines) is 1. The summed E-state index contributed by atoms with van der Waals surface area (Å²) in [4.78, 5) is 14.4. The first-order chi connectivity index (χ1) is 12.1. The first-order valence-corrected chi connectivity index (χ1v) is 10.1. The van der Waals surface area contributed by atoms with E-state index in [1.54, 1.807) is 12.1 Å². The molecule has 1 aromatic heterocycles. The van der Waals surface area contributed by atoms with Crippen LogP contribution in [0.4, 0.5) is 0 Å². The highest BCUT2D eigenvalue weighted by molar-refractivity contribution is 8.01. The Morgan fingerprint density at radius 3 is 2.88 bits per heavy atom. The van der Waals surface area contributed by atoms with Crippen LogP contribution in [0.15, 0.2) is 28.6 Å². The second kappa shape index (κ2) is 8.64. The van der Waals surface area contributed by atoms with Gasteiger partial charge in [-0.15, -0.1) is 10.2 Å². The first-order valence-electron chi connectivity index (χ1n) is 8.31. The lowest BCUT2D eigenvalue weighted by molar-refractivity contribution is -0.119. The monoisotopic (exact) mass is 378 g/mol. The Bertz CT molecular complexity index is 714. The van der Waals surface area contributed by atoms with Gasteiger partial charge < -0.3 is 10.4 Å². The van der Waals surface area contributed by atoms with E-state index in [9.17, 15) is 9.90 Å². The van der Waals surface area contributed by atoms with E-state index in [1.807, 2.05) is 19.1 Å². The molecule has 1 fully saturated rings. The molecule has 3 rings (SSSR count). The van der Waals surface area contributed by atoms with Crippen LogP contribution in [0.25, 0.3) is 0 Å². The summed E-state index contributed by atoms with van der Waals surface area (Å²) in [6, 6.07) is 7.63. The number of phenolic OH excluding ortho intramolecular Hbond substituents is 1. The molecule has 134 valence electrons. The number of aromatic hydroxyl groups is 1. The highest BCUT2D eigenvalue weighted by atomic mass is 32.2. The summed E-state index contributed by atoms with van der Waals surface area (Å²) >= 11 is 2.95. The third kappa shape index (κ3) is 5.69. The van der Waals surface area contributed by atoms with Gasteiger partial charge in [-0.2, -0.15) is 0 Å². The smallest absolute Gasteiger partial charge is 0.230 e. The van der Waals surface area contributed by atoms with Gasteiger partial charge in [0.25, 0.3) is 0 Å². The number of phenols is 1. The molecule has 0 unspecified atom stereocenters. The van der Waals surface area contributed by atoms with Gasteiger partial charge in [0.1, 0.15) is 10.8 Å². The molecule has 1 amide bonds. The molecule has 6 nitrogen and oxygen atoms in total. The highest BCUT2D eigenvalue weighted by Gasteiger charge is 2.21. The fourth-order valence-electron chi connectivity index (χ4n) is 2.88. The van der Waals surface area contributed by atoms with Gasteiger partial charge in [0, 0.05) is 25.7 Å². The molecule has 1 aromatic carbocycles. The topological polar surface area (TPSA) is 78.4 Å². The second-order valence-electron chi connectivity index (χ2n) is 6.16. The average Bonchev–Trinajstić information content (AvgIpc) is 3.00. The van der Waals surface area contributed by atoms with Crippen LogP contribution in [0, 0.1) is 6.92 Å². The predicted molar refractivity (Wildman–Crippen MR) is 99.9 cm³/mol. The van der Waals surface area contributed by atoms with Crippen molar-refractivity contribution < 1.29 is 9.90 Å². The van der Waals surface area contributed by atoms with Gasteiger partial charge in [-0.25, -0.2) is 0 Å². The minimum atomic E-state index is 0.0595. The number of piperidine rings is 1. The van der Waals surface area contributed by atoms with Crippen LogP contribution in [0.2, 0.25) is 0 Å². The van der Waals surface area contributed by atoms with Gasteiger partial charge in [-0.3, -0.25) is 9.69 Å². The number of rotatable bonds is 6. The van der Waals surface area contributed by atoms with Crippen molar-refractivity contribution in [3.05, 3.63) is 34.8 Å². The molecule has 25 heavy (non-hydrogen) atoms. The van der Waals surface area contributed by atoms with Gasteiger partial charge in [-0.05, 0) is 37.5 Å². The van der Waals surface area contributed by atoms with Gasteiger partial charge >= 0.3 is 0 Å². The SMILES string of the molecule is Cc1nnc(SCC(=O)NC2CCN(Cc3cccc(O)c3)CC2)s1. The lowest BCUT2D eigenvalue weighted by atomic mass is 10.0. The van der Waals surface area contributed by atoms with Crippen molar-refractivity contribution in [2.45, 2.75) is 36.7 Å². The van der Waals surface area contributed by atoms with E-state index in [1.165, 1.54) is 23.1 Å². The molecule has 2 aromatic rings. The Balaban J connectivity index is 1.37.